The molecule has 0 aliphatic carbocycles. The van der Waals surface area contributed by atoms with Crippen molar-refractivity contribution in [2.45, 2.75) is 98.2 Å². The van der Waals surface area contributed by atoms with Crippen LogP contribution in [0.15, 0.2) is 99.3 Å². The molecule has 0 fully saturated rings. The summed E-state index contributed by atoms with van der Waals surface area (Å²) < 4.78 is 174. The topological polar surface area (TPSA) is 315 Å². The first kappa shape index (κ1) is 53.5. The average molecular weight is 1050 g/mol. The van der Waals surface area contributed by atoms with Gasteiger partial charge in [0.2, 0.25) is 5.69 Å². The third-order valence-corrected chi connectivity index (χ3v) is 16.8. The predicted octanol–water partition coefficient (Wildman–Crippen LogP) is 6.78. The molecular formula is C45H53N2O17S5+. The fourth-order valence-electron chi connectivity index (χ4n) is 9.69. The summed E-state index contributed by atoms with van der Waals surface area (Å²) in [4.78, 5) is 11.1. The van der Waals surface area contributed by atoms with Crippen molar-refractivity contribution in [2.75, 3.05) is 29.5 Å². The van der Waals surface area contributed by atoms with Crippen LogP contribution >= 0.6 is 0 Å². The third kappa shape index (κ3) is 11.7. The molecule has 2 heterocycles. The molecule has 1 atom stereocenters. The standard InChI is InChI=1S/C45H52N2O17S5/c1-29-25-30(67(56,57)58)26-34-32(29)16-18-37-43(34)45(4,20-11-23-65(50,51)52)40(47(37)22-12-24-66(53,54)55)14-8-5-7-13-39-44(2,3)42-35-27-31(68(59,60)61)28-38(69(62,63)64)33(35)17-19-36(42)46(39)21-10-6-9-15-41(48)49/h5,7-8,13-14,16-19,25-28H,6,9-12,15,20-24H2,1-4H3,(H5-,48,49,50,51,52,53,54,55,56,57,58,59,60,61,62,63,64)/p+1. The second-order valence-electron chi connectivity index (χ2n) is 17.9. The van der Waals surface area contributed by atoms with Gasteiger partial charge in [-0.3, -0.25) is 27.6 Å². The normalized spacial score (nSPS) is 18.4. The van der Waals surface area contributed by atoms with E-state index in [4.69, 9.17) is 0 Å². The zero-order valence-corrected chi connectivity index (χ0v) is 42.0. The molecule has 2 aliphatic heterocycles. The fourth-order valence-corrected chi connectivity index (χ4v) is 12.6. The van der Waals surface area contributed by atoms with Gasteiger partial charge in [-0.05, 0) is 130 Å². The van der Waals surface area contributed by atoms with Gasteiger partial charge in [0.15, 0.2) is 5.71 Å². The molecule has 6 N–H and O–H groups in total. The maximum Gasteiger partial charge on any atom is 0.303 e. The highest BCUT2D eigenvalue weighted by molar-refractivity contribution is 7.87. The molecule has 0 aromatic heterocycles. The molecule has 0 amide bonds. The number of hydrogen-bond acceptors (Lipinski definition) is 12. The summed E-state index contributed by atoms with van der Waals surface area (Å²) in [5, 5.41) is 10.3. The largest absolute Gasteiger partial charge is 0.481 e. The smallest absolute Gasteiger partial charge is 0.303 e. The number of unbranched alkanes of at least 4 members (excludes halogenated alkanes) is 2. The Bertz CT molecular complexity index is 3490. The summed E-state index contributed by atoms with van der Waals surface area (Å²) in [6.07, 6.45) is 9.75. The van der Waals surface area contributed by atoms with Gasteiger partial charge in [0, 0.05) is 59.3 Å². The number of rotatable bonds is 20. The van der Waals surface area contributed by atoms with E-state index in [1.807, 2.05) is 18.4 Å². The van der Waals surface area contributed by atoms with Gasteiger partial charge >= 0.3 is 5.97 Å². The minimum absolute atomic E-state index is 0.00892. The Morgan fingerprint density at radius 1 is 0.652 bits per heavy atom. The van der Waals surface area contributed by atoms with Crippen molar-refractivity contribution in [3.05, 3.63) is 101 Å². The van der Waals surface area contributed by atoms with Crippen LogP contribution in [-0.4, -0.2) is 111 Å². The maximum atomic E-state index is 12.6. The number of nitrogens with zero attached hydrogens (tertiary/aromatic N) is 2. The highest BCUT2D eigenvalue weighted by Gasteiger charge is 2.47. The van der Waals surface area contributed by atoms with Crippen LogP contribution in [0.4, 0.5) is 11.4 Å². The van der Waals surface area contributed by atoms with Crippen molar-refractivity contribution < 1.29 is 79.3 Å². The van der Waals surface area contributed by atoms with Gasteiger partial charge in [-0.1, -0.05) is 24.3 Å². The number of carboxylic acid groups (broad SMARTS) is 1. The summed E-state index contributed by atoms with van der Waals surface area (Å²) >= 11 is 0. The second-order valence-corrected chi connectivity index (χ2v) is 25.2. The first-order chi connectivity index (χ1) is 31.8. The van der Waals surface area contributed by atoms with Crippen molar-refractivity contribution in [1.82, 2.24) is 0 Å². The van der Waals surface area contributed by atoms with Gasteiger partial charge in [0.05, 0.1) is 26.7 Å². The molecule has 6 rings (SSSR count). The molecular weight excluding hydrogens is 1000 g/mol. The van der Waals surface area contributed by atoms with Gasteiger partial charge in [-0.25, -0.2) is 0 Å². The second kappa shape index (κ2) is 19.4. The van der Waals surface area contributed by atoms with E-state index in [-0.39, 0.29) is 43.0 Å². The van der Waals surface area contributed by atoms with Crippen molar-refractivity contribution in [2.24, 2.45) is 0 Å². The lowest BCUT2D eigenvalue weighted by Crippen LogP contribution is -2.30. The van der Waals surface area contributed by atoms with Crippen LogP contribution in [0.25, 0.3) is 21.5 Å². The number of benzene rings is 4. The number of carbonyl (C=O) groups is 1. The van der Waals surface area contributed by atoms with E-state index in [9.17, 15) is 74.8 Å². The number of allylic oxidation sites excluding steroid dienone is 6. The predicted molar refractivity (Wildman–Crippen MR) is 259 cm³/mol. The third-order valence-electron chi connectivity index (χ3n) is 12.6. The molecule has 374 valence electrons. The average Bonchev–Trinajstić information content (AvgIpc) is 3.57. The Labute approximate surface area is 401 Å². The summed E-state index contributed by atoms with van der Waals surface area (Å²) in [6, 6.07) is 11.0. The first-order valence-corrected chi connectivity index (χ1v) is 29.0. The lowest BCUT2D eigenvalue weighted by atomic mass is 9.75. The van der Waals surface area contributed by atoms with Crippen molar-refractivity contribution >= 4 is 95.2 Å². The van der Waals surface area contributed by atoms with E-state index < -0.39 is 93.6 Å². The number of anilines is 1. The lowest BCUT2D eigenvalue weighted by molar-refractivity contribution is -0.438. The van der Waals surface area contributed by atoms with E-state index in [1.54, 1.807) is 67.3 Å². The molecule has 2 aliphatic rings. The fraction of sp³-hybridized carbons (Fsp3) is 0.378. The highest BCUT2D eigenvalue weighted by atomic mass is 32.2. The molecule has 4 aromatic carbocycles. The van der Waals surface area contributed by atoms with Crippen LogP contribution < -0.4 is 4.90 Å². The zero-order valence-electron chi connectivity index (χ0n) is 37.9. The minimum atomic E-state index is -5.01. The summed E-state index contributed by atoms with van der Waals surface area (Å²) in [6.45, 7) is 7.41. The molecule has 1 unspecified atom stereocenters. The summed E-state index contributed by atoms with van der Waals surface area (Å²) in [7, 11) is -23.5. The summed E-state index contributed by atoms with van der Waals surface area (Å²) in [5.74, 6) is -2.19. The van der Waals surface area contributed by atoms with E-state index in [0.717, 1.165) is 6.07 Å². The van der Waals surface area contributed by atoms with Crippen LogP contribution in [-0.2, 0) is 66.2 Å². The number of hydrogen-bond donors (Lipinski definition) is 6. The molecule has 69 heavy (non-hydrogen) atoms. The number of aryl methyl sites for hydroxylation is 1. The van der Waals surface area contributed by atoms with Crippen molar-refractivity contribution in [3.63, 3.8) is 0 Å². The molecule has 0 radical (unpaired) electrons. The minimum Gasteiger partial charge on any atom is -0.481 e. The van der Waals surface area contributed by atoms with Gasteiger partial charge in [-0.2, -0.15) is 46.7 Å². The molecule has 0 bridgehead atoms. The molecule has 24 heteroatoms. The van der Waals surface area contributed by atoms with Crippen molar-refractivity contribution in [1.29, 1.82) is 0 Å². The maximum absolute atomic E-state index is 12.6. The zero-order chi connectivity index (χ0) is 51.3. The van der Waals surface area contributed by atoms with Crippen molar-refractivity contribution in [3.8, 4) is 0 Å². The Morgan fingerprint density at radius 3 is 1.84 bits per heavy atom. The number of carboxylic acids is 1. The molecule has 4 aromatic rings. The Balaban J connectivity index is 1.51. The quantitative estimate of drug-likeness (QED) is 0.0230. The van der Waals surface area contributed by atoms with Crippen LogP contribution in [0.3, 0.4) is 0 Å². The molecule has 0 spiro atoms. The SMILES string of the molecule is Cc1cc(S(=O)(=O)O)cc2c3c(ccc12)N(CCCS(=O)(=O)O)C(=CC=CC=CC1=[N+](CCCCCC(=O)O)c2ccc4c(S(=O)(=O)O)cc(S(=O)(=O)O)cc4c2C1(C)C)C3(C)CCCS(=O)(=O)O. The van der Waals surface area contributed by atoms with Gasteiger partial charge in [0.25, 0.3) is 50.6 Å². The number of fused-ring (bicyclic) bond motifs is 6. The Morgan fingerprint density at radius 2 is 1.25 bits per heavy atom. The van der Waals surface area contributed by atoms with Crippen LogP contribution in [0, 0.1) is 6.92 Å². The Hall–Kier alpha value is -4.89. The van der Waals surface area contributed by atoms with Crippen LogP contribution in [0.5, 0.6) is 0 Å². The molecule has 0 saturated heterocycles. The van der Waals surface area contributed by atoms with Gasteiger partial charge in [-0.15, -0.1) is 0 Å². The molecule has 0 saturated carbocycles. The van der Waals surface area contributed by atoms with Gasteiger partial charge in [0.1, 0.15) is 11.4 Å². The highest BCUT2D eigenvalue weighted by Crippen LogP contribution is 2.54. The van der Waals surface area contributed by atoms with E-state index in [0.29, 0.717) is 82.1 Å². The van der Waals surface area contributed by atoms with Crippen LogP contribution in [0.2, 0.25) is 0 Å². The summed E-state index contributed by atoms with van der Waals surface area (Å²) in [5.41, 5.74) is 1.54. The van der Waals surface area contributed by atoms with Crippen LogP contribution in [0.1, 0.15) is 82.4 Å². The van der Waals surface area contributed by atoms with E-state index in [2.05, 4.69) is 0 Å². The molecule has 19 nitrogen and oxygen atoms in total. The lowest BCUT2D eigenvalue weighted by Gasteiger charge is -2.31. The van der Waals surface area contributed by atoms with E-state index >= 15 is 0 Å². The van der Waals surface area contributed by atoms with Gasteiger partial charge < -0.3 is 10.0 Å². The first-order valence-electron chi connectivity index (χ1n) is 21.5. The monoisotopic (exact) mass is 1050 g/mol. The Kier molecular flexibility index (Phi) is 15.0. The van der Waals surface area contributed by atoms with E-state index in [1.165, 1.54) is 18.2 Å². The number of aliphatic carboxylic acids is 1.